The van der Waals surface area contributed by atoms with Crippen LogP contribution in [-0.2, 0) is 0 Å². The van der Waals surface area contributed by atoms with E-state index in [0.717, 1.165) is 4.68 Å². The highest BCUT2D eigenvalue weighted by Gasteiger charge is 2.13. The lowest BCUT2D eigenvalue weighted by atomic mass is 10.2. The summed E-state index contributed by atoms with van der Waals surface area (Å²) in [5.41, 5.74) is 0.774. The lowest BCUT2D eigenvalue weighted by Crippen LogP contribution is -2.32. The molecule has 0 amide bonds. The van der Waals surface area contributed by atoms with Gasteiger partial charge < -0.3 is 19.8 Å². The van der Waals surface area contributed by atoms with E-state index in [1.165, 1.54) is 18.3 Å². The summed E-state index contributed by atoms with van der Waals surface area (Å²) in [5.74, 6) is 0.754. The molecule has 0 unspecified atom stereocenters. The van der Waals surface area contributed by atoms with Gasteiger partial charge in [0.2, 0.25) is 0 Å². The van der Waals surface area contributed by atoms with Gasteiger partial charge in [0.05, 0.1) is 24.4 Å². The summed E-state index contributed by atoms with van der Waals surface area (Å²) in [7, 11) is 1.55. The molecule has 0 radical (unpaired) electrons. The number of hydrogen-bond donors (Lipinski definition) is 3. The minimum Gasteiger partial charge on any atom is -0.508 e. The first-order valence-corrected chi connectivity index (χ1v) is 7.75. The molecule has 8 nitrogen and oxygen atoms in total. The second kappa shape index (κ2) is 5.92. The lowest BCUT2D eigenvalue weighted by molar-refractivity contribution is 0.415. The van der Waals surface area contributed by atoms with Gasteiger partial charge in [-0.2, -0.15) is 5.10 Å². The Morgan fingerprint density at radius 3 is 2.58 bits per heavy atom. The zero-order chi connectivity index (χ0) is 18.3. The summed E-state index contributed by atoms with van der Waals surface area (Å²) in [6, 6.07) is 11.5. The molecule has 0 saturated heterocycles. The molecular weight excluding hydrogens is 336 g/mol. The number of aromatic nitrogens is 3. The van der Waals surface area contributed by atoms with Crippen LogP contribution in [0.4, 0.5) is 0 Å². The summed E-state index contributed by atoms with van der Waals surface area (Å²) in [6.07, 6.45) is 1.37. The van der Waals surface area contributed by atoms with Crippen LogP contribution in [0.3, 0.4) is 0 Å². The zero-order valence-corrected chi connectivity index (χ0v) is 13.7. The van der Waals surface area contributed by atoms with E-state index in [2.05, 4.69) is 15.1 Å². The van der Waals surface area contributed by atoms with E-state index in [9.17, 15) is 14.7 Å². The van der Waals surface area contributed by atoms with Crippen molar-refractivity contribution in [2.75, 3.05) is 7.11 Å². The predicted octanol–water partition coefficient (Wildman–Crippen LogP) is 1.77. The summed E-state index contributed by atoms with van der Waals surface area (Å²) < 4.78 is 5.93. The fourth-order valence-electron chi connectivity index (χ4n) is 2.74. The van der Waals surface area contributed by atoms with Gasteiger partial charge in [0.25, 0.3) is 0 Å². The van der Waals surface area contributed by atoms with Crippen molar-refractivity contribution in [1.82, 2.24) is 14.6 Å². The number of fused-ring (bicyclic) bond motifs is 3. The van der Waals surface area contributed by atoms with E-state index in [4.69, 9.17) is 4.74 Å². The minimum absolute atomic E-state index is 0.118. The van der Waals surface area contributed by atoms with Crippen LogP contribution in [0.1, 0.15) is 5.56 Å². The number of rotatable bonds is 3. The maximum absolute atomic E-state index is 12.7. The van der Waals surface area contributed by atoms with Crippen molar-refractivity contribution in [2.24, 2.45) is 5.10 Å². The zero-order valence-electron chi connectivity index (χ0n) is 13.7. The first-order chi connectivity index (χ1) is 12.6. The number of aromatic hydroxyl groups is 1. The molecule has 130 valence electrons. The van der Waals surface area contributed by atoms with Gasteiger partial charge in [0.15, 0.2) is 0 Å². The molecule has 4 aromatic rings. The second-order valence-electron chi connectivity index (χ2n) is 5.67. The molecule has 0 saturated carbocycles. The summed E-state index contributed by atoms with van der Waals surface area (Å²) >= 11 is 0. The predicted molar refractivity (Wildman–Crippen MR) is 98.3 cm³/mol. The van der Waals surface area contributed by atoms with Crippen molar-refractivity contribution in [3.8, 4) is 11.5 Å². The van der Waals surface area contributed by atoms with Gasteiger partial charge in [-0.05, 0) is 42.0 Å². The molecule has 0 bridgehead atoms. The molecule has 2 aromatic carbocycles. The summed E-state index contributed by atoms with van der Waals surface area (Å²) in [4.78, 5) is 30.7. The quantitative estimate of drug-likeness (QED) is 0.489. The number of ether oxygens (including phenoxy) is 1. The fourth-order valence-corrected chi connectivity index (χ4v) is 2.74. The number of phenols is 1. The van der Waals surface area contributed by atoms with Crippen molar-refractivity contribution in [2.45, 2.75) is 0 Å². The van der Waals surface area contributed by atoms with Gasteiger partial charge in [-0.15, -0.1) is 4.68 Å². The van der Waals surface area contributed by atoms with Crippen LogP contribution in [-0.4, -0.2) is 33.1 Å². The average molecular weight is 350 g/mol. The fraction of sp³-hybridized carbons (Fsp3) is 0.0556. The Labute approximate surface area is 146 Å². The Hall–Kier alpha value is -3.81. The van der Waals surface area contributed by atoms with E-state index in [1.807, 2.05) is 0 Å². The molecule has 0 atom stereocenters. The summed E-state index contributed by atoms with van der Waals surface area (Å²) in [5, 5.41) is 14.0. The van der Waals surface area contributed by atoms with Crippen LogP contribution < -0.4 is 16.0 Å². The highest BCUT2D eigenvalue weighted by molar-refractivity contribution is 6.04. The van der Waals surface area contributed by atoms with Gasteiger partial charge >= 0.3 is 11.2 Å². The van der Waals surface area contributed by atoms with E-state index in [0.29, 0.717) is 27.7 Å². The number of aromatic amines is 2. The topological polar surface area (TPSA) is 112 Å². The highest BCUT2D eigenvalue weighted by Crippen LogP contribution is 2.24. The summed E-state index contributed by atoms with van der Waals surface area (Å²) in [6.45, 7) is 0. The van der Waals surface area contributed by atoms with Crippen molar-refractivity contribution in [1.29, 1.82) is 0 Å². The third kappa shape index (κ3) is 2.53. The van der Waals surface area contributed by atoms with Crippen molar-refractivity contribution in [3.05, 3.63) is 68.9 Å². The molecule has 0 aliphatic heterocycles. The van der Waals surface area contributed by atoms with Gasteiger partial charge in [-0.25, -0.2) is 4.79 Å². The Bertz CT molecular complexity index is 1260. The maximum Gasteiger partial charge on any atom is 0.350 e. The van der Waals surface area contributed by atoms with Crippen LogP contribution in [0.25, 0.3) is 21.9 Å². The van der Waals surface area contributed by atoms with Crippen LogP contribution in [0.5, 0.6) is 11.5 Å². The first-order valence-electron chi connectivity index (χ1n) is 7.75. The number of benzene rings is 2. The molecule has 26 heavy (non-hydrogen) atoms. The van der Waals surface area contributed by atoms with E-state index < -0.39 is 11.2 Å². The molecule has 2 heterocycles. The Kier molecular flexibility index (Phi) is 3.58. The van der Waals surface area contributed by atoms with Gasteiger partial charge in [-0.3, -0.25) is 4.79 Å². The Morgan fingerprint density at radius 1 is 1.08 bits per heavy atom. The van der Waals surface area contributed by atoms with Gasteiger partial charge in [0.1, 0.15) is 17.0 Å². The van der Waals surface area contributed by atoms with Crippen molar-refractivity contribution in [3.63, 3.8) is 0 Å². The highest BCUT2D eigenvalue weighted by atomic mass is 16.5. The molecule has 0 spiro atoms. The van der Waals surface area contributed by atoms with Gasteiger partial charge in [-0.1, -0.05) is 0 Å². The van der Waals surface area contributed by atoms with Crippen LogP contribution >= 0.6 is 0 Å². The van der Waals surface area contributed by atoms with E-state index >= 15 is 0 Å². The smallest absolute Gasteiger partial charge is 0.350 e. The molecule has 8 heteroatoms. The largest absolute Gasteiger partial charge is 0.508 e. The van der Waals surface area contributed by atoms with E-state index in [1.54, 1.807) is 37.4 Å². The molecule has 2 aromatic heterocycles. The number of nitrogens with zero attached hydrogens (tertiary/aromatic N) is 2. The lowest BCUT2D eigenvalue weighted by Gasteiger charge is -1.99. The Morgan fingerprint density at radius 2 is 1.85 bits per heavy atom. The first kappa shape index (κ1) is 15.7. The van der Waals surface area contributed by atoms with Gasteiger partial charge in [0, 0.05) is 11.5 Å². The Balaban J connectivity index is 1.88. The van der Waals surface area contributed by atoms with Crippen LogP contribution in [0, 0.1) is 0 Å². The third-order valence-corrected chi connectivity index (χ3v) is 4.05. The average Bonchev–Trinajstić information content (AvgIpc) is 3.01. The normalized spacial score (nSPS) is 11.6. The maximum atomic E-state index is 12.7. The van der Waals surface area contributed by atoms with Crippen molar-refractivity contribution >= 4 is 28.2 Å². The number of hydrogen-bond acceptors (Lipinski definition) is 5. The minimum atomic E-state index is -0.644. The SMILES string of the molecule is COc1ccc2c(c1)[nH]c1c(=O)n(/N=C/c3ccc(O)cc3)c(=O)[nH]c12. The molecular formula is C18H14N4O4. The standard InChI is InChI=1S/C18H14N4O4/c1-26-12-6-7-13-14(8-12)20-16-15(13)21-18(25)22(17(16)24)19-9-10-2-4-11(23)5-3-10/h2-9,20,23H,1H3,(H,21,25)/b19-9+. The van der Waals surface area contributed by atoms with Crippen molar-refractivity contribution < 1.29 is 9.84 Å². The second-order valence-corrected chi connectivity index (χ2v) is 5.67. The molecule has 0 fully saturated rings. The molecule has 0 aliphatic carbocycles. The van der Waals surface area contributed by atoms with Crippen LogP contribution in [0.15, 0.2) is 57.2 Å². The number of phenolic OH excluding ortho intramolecular Hbond substituents is 1. The molecule has 0 aliphatic rings. The monoisotopic (exact) mass is 350 g/mol. The van der Waals surface area contributed by atoms with E-state index in [-0.39, 0.29) is 11.3 Å². The van der Waals surface area contributed by atoms with Crippen LogP contribution in [0.2, 0.25) is 0 Å². The number of H-pyrrole nitrogens is 2. The third-order valence-electron chi connectivity index (χ3n) is 4.05. The number of methoxy groups -OCH3 is 1. The molecule has 3 N–H and O–H groups in total. The molecule has 4 rings (SSSR count). The number of nitrogens with one attached hydrogen (secondary N) is 2.